The first kappa shape index (κ1) is 33.6. The van der Waals surface area contributed by atoms with Crippen LogP contribution < -0.4 is 4.90 Å². The van der Waals surface area contributed by atoms with Gasteiger partial charge in [0.15, 0.2) is 0 Å². The van der Waals surface area contributed by atoms with Gasteiger partial charge in [-0.3, -0.25) is 0 Å². The Balaban J connectivity index is 1.18. The van der Waals surface area contributed by atoms with Crippen molar-refractivity contribution in [3.8, 4) is 44.5 Å². The number of nitrogens with zero attached hydrogens (tertiary/aromatic N) is 1. The molecule has 0 saturated heterocycles. The highest BCUT2D eigenvalue weighted by Gasteiger charge is 2.23. The predicted molar refractivity (Wildman–Crippen MR) is 245 cm³/mol. The summed E-state index contributed by atoms with van der Waals surface area (Å²) >= 11 is 0. The lowest BCUT2D eigenvalue weighted by Gasteiger charge is -2.28. The quantitative estimate of drug-likeness (QED) is 0.151. The van der Waals surface area contributed by atoms with Crippen molar-refractivity contribution in [2.24, 2.45) is 0 Å². The summed E-state index contributed by atoms with van der Waals surface area (Å²) in [4.78, 5) is 2.41. The number of benzene rings is 10. The molecule has 0 spiro atoms. The molecule has 1 heterocycles. The molecule has 58 heavy (non-hydrogen) atoms. The fourth-order valence-corrected chi connectivity index (χ4v) is 8.62. The van der Waals surface area contributed by atoms with Crippen molar-refractivity contribution in [2.75, 3.05) is 4.90 Å². The lowest BCUT2D eigenvalue weighted by Crippen LogP contribution is -2.11. The van der Waals surface area contributed by atoms with Crippen molar-refractivity contribution in [1.29, 1.82) is 0 Å². The molecule has 11 aromatic rings. The van der Waals surface area contributed by atoms with E-state index in [0.29, 0.717) is 0 Å². The normalized spacial score (nSPS) is 11.4. The lowest BCUT2D eigenvalue weighted by atomic mass is 9.94. The minimum absolute atomic E-state index is 0.862. The number of furan rings is 1. The van der Waals surface area contributed by atoms with Gasteiger partial charge in [0, 0.05) is 33.1 Å². The molecule has 0 amide bonds. The highest BCUT2D eigenvalue weighted by atomic mass is 16.3. The molecule has 2 nitrogen and oxygen atoms in total. The Morgan fingerprint density at radius 1 is 0.293 bits per heavy atom. The van der Waals surface area contributed by atoms with Crippen LogP contribution in [0.5, 0.6) is 0 Å². The average Bonchev–Trinajstić information content (AvgIpc) is 3.69. The second-order valence-corrected chi connectivity index (χ2v) is 14.9. The Kier molecular flexibility index (Phi) is 8.19. The fraction of sp³-hybridized carbons (Fsp3) is 0. The molecule has 1 aromatic heterocycles. The van der Waals surface area contributed by atoms with Crippen LogP contribution in [0, 0.1) is 0 Å². The van der Waals surface area contributed by atoms with Crippen molar-refractivity contribution in [1.82, 2.24) is 0 Å². The third-order valence-corrected chi connectivity index (χ3v) is 11.5. The second-order valence-electron chi connectivity index (χ2n) is 14.9. The molecule has 0 fully saturated rings. The summed E-state index contributed by atoms with van der Waals surface area (Å²) in [5.74, 6) is 0. The summed E-state index contributed by atoms with van der Waals surface area (Å²) in [6.07, 6.45) is 0. The van der Waals surface area contributed by atoms with E-state index in [0.717, 1.165) is 55.5 Å². The maximum atomic E-state index is 6.99. The van der Waals surface area contributed by atoms with E-state index in [9.17, 15) is 0 Å². The van der Waals surface area contributed by atoms with Gasteiger partial charge in [0.2, 0.25) is 0 Å². The molecule has 10 aromatic carbocycles. The molecule has 11 rings (SSSR count). The zero-order valence-electron chi connectivity index (χ0n) is 31.7. The Morgan fingerprint density at radius 2 is 0.672 bits per heavy atom. The summed E-state index contributed by atoms with van der Waals surface area (Å²) in [7, 11) is 0. The Morgan fingerprint density at radius 3 is 1.17 bits per heavy atom. The zero-order valence-corrected chi connectivity index (χ0v) is 31.7. The molecule has 0 bridgehead atoms. The van der Waals surface area contributed by atoms with Crippen LogP contribution in [0.15, 0.2) is 229 Å². The molecule has 0 atom stereocenters. The van der Waals surface area contributed by atoms with Gasteiger partial charge in [0.1, 0.15) is 11.2 Å². The van der Waals surface area contributed by atoms with E-state index >= 15 is 0 Å². The van der Waals surface area contributed by atoms with E-state index in [4.69, 9.17) is 4.42 Å². The van der Waals surface area contributed by atoms with Crippen molar-refractivity contribution in [3.63, 3.8) is 0 Å². The van der Waals surface area contributed by atoms with Gasteiger partial charge in [-0.05, 0) is 91.5 Å². The first-order valence-electron chi connectivity index (χ1n) is 19.8. The molecule has 0 radical (unpaired) electrons. The molecule has 272 valence electrons. The van der Waals surface area contributed by atoms with Crippen LogP contribution in [0.1, 0.15) is 0 Å². The van der Waals surface area contributed by atoms with Crippen LogP contribution in [-0.2, 0) is 0 Å². The van der Waals surface area contributed by atoms with E-state index < -0.39 is 0 Å². The SMILES string of the molecule is c1ccc(-c2ccc(-c3cc4oc5c6ccccc6c6ccccc6c5c4cc3N(c3ccc(-c4ccccc4)cc3)c3ccc(-c4ccccc4)cc3)cc2)cc1. The topological polar surface area (TPSA) is 16.4 Å². The standard InChI is InChI=1S/C56H37NO/c1-4-14-38(15-5-1)41-24-26-44(27-25-41)51-37-54-52(55-49-22-12-10-20-47(49)48-21-11-13-23-50(48)56(55)58-54)36-53(51)57(45-32-28-42(29-33-45)39-16-6-2-7-17-39)46-34-30-43(31-35-46)40-18-8-3-9-19-40/h1-37H. The predicted octanol–water partition coefficient (Wildman–Crippen LogP) is 16.0. The lowest BCUT2D eigenvalue weighted by molar-refractivity contribution is 0.673. The molecular weight excluding hydrogens is 703 g/mol. The first-order valence-corrected chi connectivity index (χ1v) is 19.8. The van der Waals surface area contributed by atoms with E-state index in [-0.39, 0.29) is 0 Å². The highest BCUT2D eigenvalue weighted by Crippen LogP contribution is 2.48. The summed E-state index contributed by atoms with van der Waals surface area (Å²) in [6, 6.07) is 80.5. The molecule has 0 aliphatic heterocycles. The van der Waals surface area contributed by atoms with E-state index in [1.54, 1.807) is 0 Å². The minimum Gasteiger partial charge on any atom is -0.455 e. The van der Waals surface area contributed by atoms with Crippen molar-refractivity contribution in [3.05, 3.63) is 224 Å². The minimum atomic E-state index is 0.862. The molecule has 0 aliphatic rings. The number of hydrogen-bond acceptors (Lipinski definition) is 2. The number of fused-ring (bicyclic) bond motifs is 8. The van der Waals surface area contributed by atoms with Crippen LogP contribution in [0.4, 0.5) is 17.1 Å². The van der Waals surface area contributed by atoms with Gasteiger partial charge in [-0.2, -0.15) is 0 Å². The molecule has 0 saturated carbocycles. The molecule has 0 aliphatic carbocycles. The van der Waals surface area contributed by atoms with Crippen LogP contribution in [0.2, 0.25) is 0 Å². The zero-order chi connectivity index (χ0) is 38.4. The Bertz CT molecular complexity index is 3140. The number of rotatable bonds is 7. The third kappa shape index (κ3) is 5.82. The fourth-order valence-electron chi connectivity index (χ4n) is 8.62. The van der Waals surface area contributed by atoms with Gasteiger partial charge in [0.05, 0.1) is 5.69 Å². The van der Waals surface area contributed by atoms with Crippen molar-refractivity contribution >= 4 is 60.5 Å². The number of anilines is 3. The van der Waals surface area contributed by atoms with Gasteiger partial charge in [0.25, 0.3) is 0 Å². The van der Waals surface area contributed by atoms with Crippen LogP contribution in [0.3, 0.4) is 0 Å². The van der Waals surface area contributed by atoms with E-state index in [1.807, 2.05) is 0 Å². The molecular formula is C56H37NO. The summed E-state index contributed by atoms with van der Waals surface area (Å²) in [5.41, 5.74) is 14.3. The second kappa shape index (κ2) is 14.1. The summed E-state index contributed by atoms with van der Waals surface area (Å²) < 4.78 is 6.99. The van der Waals surface area contributed by atoms with E-state index in [1.165, 1.54) is 49.5 Å². The van der Waals surface area contributed by atoms with Gasteiger partial charge in [-0.25, -0.2) is 0 Å². The van der Waals surface area contributed by atoms with Gasteiger partial charge >= 0.3 is 0 Å². The van der Waals surface area contributed by atoms with Crippen LogP contribution >= 0.6 is 0 Å². The molecule has 0 N–H and O–H groups in total. The van der Waals surface area contributed by atoms with Crippen molar-refractivity contribution < 1.29 is 4.42 Å². The smallest absolute Gasteiger partial charge is 0.143 e. The van der Waals surface area contributed by atoms with Gasteiger partial charge < -0.3 is 9.32 Å². The Hall–Kier alpha value is -7.68. The van der Waals surface area contributed by atoms with E-state index in [2.05, 4.69) is 229 Å². The van der Waals surface area contributed by atoms with Gasteiger partial charge in [-0.15, -0.1) is 0 Å². The maximum absolute atomic E-state index is 6.99. The number of hydrogen-bond donors (Lipinski definition) is 0. The monoisotopic (exact) mass is 739 g/mol. The largest absolute Gasteiger partial charge is 0.455 e. The third-order valence-electron chi connectivity index (χ3n) is 11.5. The maximum Gasteiger partial charge on any atom is 0.143 e. The van der Waals surface area contributed by atoms with Gasteiger partial charge in [-0.1, -0.05) is 188 Å². The van der Waals surface area contributed by atoms with Crippen LogP contribution in [-0.4, -0.2) is 0 Å². The Labute approximate surface area is 337 Å². The highest BCUT2D eigenvalue weighted by molar-refractivity contribution is 6.30. The molecule has 0 unspecified atom stereocenters. The van der Waals surface area contributed by atoms with Crippen LogP contribution in [0.25, 0.3) is 88.0 Å². The first-order chi connectivity index (χ1) is 28.8. The summed E-state index contributed by atoms with van der Waals surface area (Å²) in [6.45, 7) is 0. The van der Waals surface area contributed by atoms with Crippen molar-refractivity contribution in [2.45, 2.75) is 0 Å². The molecule has 2 heteroatoms. The average molecular weight is 740 g/mol. The summed E-state index contributed by atoms with van der Waals surface area (Å²) in [5, 5.41) is 6.94.